The maximum absolute atomic E-state index is 12.1. The minimum Gasteiger partial charge on any atom is -0.396 e. The summed E-state index contributed by atoms with van der Waals surface area (Å²) in [7, 11) is 1.86. The summed E-state index contributed by atoms with van der Waals surface area (Å²) in [6.45, 7) is 2.03. The molecule has 0 radical (unpaired) electrons. The molecule has 0 saturated heterocycles. The van der Waals surface area contributed by atoms with Gasteiger partial charge in [0.1, 0.15) is 5.76 Å². The zero-order valence-electron chi connectivity index (χ0n) is 12.8. The normalized spacial score (nSPS) is 12.4. The molecule has 2 N–H and O–H groups in total. The van der Waals surface area contributed by atoms with Crippen molar-refractivity contribution < 1.29 is 14.4 Å². The number of nitrogens with one attached hydrogen (secondary N) is 1. The highest BCUT2D eigenvalue weighted by atomic mass is 16.5. The highest BCUT2D eigenvalue weighted by Gasteiger charge is 2.19. The van der Waals surface area contributed by atoms with Crippen LogP contribution in [0.4, 0.5) is 5.82 Å². The smallest absolute Gasteiger partial charge is 0.239 e. The van der Waals surface area contributed by atoms with E-state index in [2.05, 4.69) is 10.5 Å². The lowest BCUT2D eigenvalue weighted by atomic mass is 10.0. The van der Waals surface area contributed by atoms with E-state index >= 15 is 0 Å². The average molecular weight is 303 g/mol. The van der Waals surface area contributed by atoms with E-state index < -0.39 is 0 Å². The molecule has 1 unspecified atom stereocenters. The predicted molar refractivity (Wildman–Crippen MR) is 83.4 cm³/mol. The number of amides is 1. The van der Waals surface area contributed by atoms with Gasteiger partial charge in [-0.2, -0.15) is 0 Å². The van der Waals surface area contributed by atoms with Crippen molar-refractivity contribution in [2.24, 2.45) is 0 Å². The van der Waals surface area contributed by atoms with Gasteiger partial charge in [0.25, 0.3) is 0 Å². The second-order valence-corrected chi connectivity index (χ2v) is 5.22. The molecule has 0 spiro atoms. The summed E-state index contributed by atoms with van der Waals surface area (Å²) in [5, 5.41) is 15.7. The van der Waals surface area contributed by atoms with Crippen molar-refractivity contribution in [1.82, 2.24) is 10.1 Å². The molecule has 0 fully saturated rings. The lowest BCUT2D eigenvalue weighted by molar-refractivity contribution is -0.117. The van der Waals surface area contributed by atoms with Crippen molar-refractivity contribution in [3.63, 3.8) is 0 Å². The van der Waals surface area contributed by atoms with Gasteiger partial charge in [-0.1, -0.05) is 35.5 Å². The summed E-state index contributed by atoms with van der Waals surface area (Å²) in [5.41, 5.74) is 1.07. The number of hydrogen-bond donors (Lipinski definition) is 2. The fraction of sp³-hybridized carbons (Fsp3) is 0.375. The molecular formula is C16H21N3O3. The molecule has 1 heterocycles. The Morgan fingerprint density at radius 2 is 2.14 bits per heavy atom. The van der Waals surface area contributed by atoms with Gasteiger partial charge in [0.2, 0.25) is 5.91 Å². The number of hydrogen-bond acceptors (Lipinski definition) is 5. The Morgan fingerprint density at radius 1 is 1.41 bits per heavy atom. The van der Waals surface area contributed by atoms with E-state index in [0.717, 1.165) is 5.56 Å². The first kappa shape index (κ1) is 16.2. The fourth-order valence-corrected chi connectivity index (χ4v) is 2.38. The van der Waals surface area contributed by atoms with Crippen LogP contribution in [0.3, 0.4) is 0 Å². The Morgan fingerprint density at radius 3 is 2.73 bits per heavy atom. The maximum atomic E-state index is 12.1. The van der Waals surface area contributed by atoms with Crippen molar-refractivity contribution in [2.75, 3.05) is 25.5 Å². The summed E-state index contributed by atoms with van der Waals surface area (Å²) in [5.74, 6) is 0.884. The molecule has 0 saturated carbocycles. The zero-order chi connectivity index (χ0) is 15.9. The summed E-state index contributed by atoms with van der Waals surface area (Å²) in [6.07, 6.45) is 0.566. The van der Waals surface area contributed by atoms with E-state index in [9.17, 15) is 9.90 Å². The molecule has 118 valence electrons. The Bertz CT molecular complexity index is 598. The number of nitrogens with zero attached hydrogens (tertiary/aromatic N) is 2. The number of anilines is 1. The molecule has 6 heteroatoms. The Kier molecular flexibility index (Phi) is 5.68. The molecular weight excluding hydrogens is 282 g/mol. The second kappa shape index (κ2) is 7.72. The highest BCUT2D eigenvalue weighted by molar-refractivity contribution is 5.91. The number of aliphatic hydroxyl groups excluding tert-OH is 1. The van der Waals surface area contributed by atoms with Gasteiger partial charge in [-0.3, -0.25) is 9.69 Å². The van der Waals surface area contributed by atoms with Crippen molar-refractivity contribution in [1.29, 1.82) is 0 Å². The molecule has 1 aromatic carbocycles. The van der Waals surface area contributed by atoms with Gasteiger partial charge in [-0.05, 0) is 26.0 Å². The van der Waals surface area contributed by atoms with Gasteiger partial charge < -0.3 is 14.9 Å². The van der Waals surface area contributed by atoms with Crippen LogP contribution in [-0.4, -0.2) is 41.3 Å². The first-order valence-electron chi connectivity index (χ1n) is 7.19. The van der Waals surface area contributed by atoms with Crippen molar-refractivity contribution in [3.05, 3.63) is 47.7 Å². The zero-order valence-corrected chi connectivity index (χ0v) is 12.8. The van der Waals surface area contributed by atoms with Crippen LogP contribution in [0.5, 0.6) is 0 Å². The first-order valence-corrected chi connectivity index (χ1v) is 7.19. The van der Waals surface area contributed by atoms with E-state index in [0.29, 0.717) is 18.0 Å². The predicted octanol–water partition coefficient (Wildman–Crippen LogP) is 1.98. The molecule has 2 rings (SSSR count). The van der Waals surface area contributed by atoms with Crippen LogP contribution in [0.1, 0.15) is 23.8 Å². The molecule has 0 aliphatic carbocycles. The monoisotopic (exact) mass is 303 g/mol. The minimum absolute atomic E-state index is 0.0176. The lowest BCUT2D eigenvalue weighted by Gasteiger charge is -2.27. The Labute approximate surface area is 129 Å². The topological polar surface area (TPSA) is 78.6 Å². The number of likely N-dealkylation sites (N-methyl/N-ethyl adjacent to an activating group) is 1. The van der Waals surface area contributed by atoms with E-state index in [1.807, 2.05) is 42.3 Å². The molecule has 1 amide bonds. The standard InChI is InChI=1S/C16H21N3O3/c1-12-10-15(18-22-12)17-16(21)11-19(2)14(8-9-20)13-6-4-3-5-7-13/h3-7,10,14,20H,8-9,11H2,1-2H3,(H,17,18,21). The SMILES string of the molecule is Cc1cc(NC(=O)CN(C)C(CCO)c2ccccc2)no1. The summed E-state index contributed by atoms with van der Waals surface area (Å²) < 4.78 is 4.91. The molecule has 1 atom stereocenters. The molecule has 6 nitrogen and oxygen atoms in total. The third-order valence-electron chi connectivity index (χ3n) is 3.41. The maximum Gasteiger partial charge on any atom is 0.239 e. The number of rotatable bonds is 7. The minimum atomic E-state index is -0.172. The van der Waals surface area contributed by atoms with Crippen molar-refractivity contribution >= 4 is 11.7 Å². The molecule has 22 heavy (non-hydrogen) atoms. The second-order valence-electron chi connectivity index (χ2n) is 5.22. The number of carbonyl (C=O) groups is 1. The van der Waals surface area contributed by atoms with Gasteiger partial charge in [-0.15, -0.1) is 0 Å². The molecule has 0 aliphatic rings. The number of benzene rings is 1. The Hall–Kier alpha value is -2.18. The van der Waals surface area contributed by atoms with Gasteiger partial charge in [0.05, 0.1) is 6.54 Å². The van der Waals surface area contributed by atoms with Gasteiger partial charge in [0, 0.05) is 18.7 Å². The van der Waals surface area contributed by atoms with Crippen LogP contribution < -0.4 is 5.32 Å². The molecule has 1 aromatic heterocycles. The van der Waals surface area contributed by atoms with E-state index in [-0.39, 0.29) is 25.1 Å². The third kappa shape index (κ3) is 4.41. The average Bonchev–Trinajstić information content (AvgIpc) is 2.90. The lowest BCUT2D eigenvalue weighted by Crippen LogP contribution is -2.33. The van der Waals surface area contributed by atoms with Crippen LogP contribution in [0.15, 0.2) is 40.9 Å². The van der Waals surface area contributed by atoms with E-state index in [1.54, 1.807) is 13.0 Å². The molecule has 2 aromatic rings. The van der Waals surface area contributed by atoms with Gasteiger partial charge in [-0.25, -0.2) is 0 Å². The summed E-state index contributed by atoms with van der Waals surface area (Å²) >= 11 is 0. The van der Waals surface area contributed by atoms with Crippen molar-refractivity contribution in [3.8, 4) is 0 Å². The van der Waals surface area contributed by atoms with Crippen LogP contribution >= 0.6 is 0 Å². The van der Waals surface area contributed by atoms with Crippen LogP contribution in [0.25, 0.3) is 0 Å². The third-order valence-corrected chi connectivity index (χ3v) is 3.41. The molecule has 0 bridgehead atoms. The van der Waals surface area contributed by atoms with Crippen molar-refractivity contribution in [2.45, 2.75) is 19.4 Å². The number of aryl methyl sites for hydroxylation is 1. The summed E-state index contributed by atoms with van der Waals surface area (Å²) in [4.78, 5) is 14.0. The Balaban J connectivity index is 1.98. The largest absolute Gasteiger partial charge is 0.396 e. The van der Waals surface area contributed by atoms with Crippen LogP contribution in [0.2, 0.25) is 0 Å². The quantitative estimate of drug-likeness (QED) is 0.817. The fourth-order valence-electron chi connectivity index (χ4n) is 2.38. The van der Waals surface area contributed by atoms with Crippen LogP contribution in [0, 0.1) is 6.92 Å². The number of aliphatic hydroxyl groups is 1. The highest BCUT2D eigenvalue weighted by Crippen LogP contribution is 2.22. The van der Waals surface area contributed by atoms with Gasteiger partial charge >= 0.3 is 0 Å². The number of carbonyl (C=O) groups excluding carboxylic acids is 1. The van der Waals surface area contributed by atoms with Gasteiger partial charge in [0.15, 0.2) is 5.82 Å². The number of aromatic nitrogens is 1. The van der Waals surface area contributed by atoms with E-state index in [4.69, 9.17) is 4.52 Å². The van der Waals surface area contributed by atoms with E-state index in [1.165, 1.54) is 0 Å². The first-order chi connectivity index (χ1) is 10.6. The summed E-state index contributed by atoms with van der Waals surface area (Å²) in [6, 6.07) is 11.5. The molecule has 0 aliphatic heterocycles. The van der Waals surface area contributed by atoms with Crippen LogP contribution in [-0.2, 0) is 4.79 Å².